The summed E-state index contributed by atoms with van der Waals surface area (Å²) in [6.07, 6.45) is 1.36. The van der Waals surface area contributed by atoms with Gasteiger partial charge in [-0.15, -0.1) is 0 Å². The molecule has 0 atom stereocenters. The Morgan fingerprint density at radius 3 is 2.67 bits per heavy atom. The SMILES string of the molecule is COc1ccccc1C(=O)N(CC(=O)Nc1ccon1)CC(C)C. The van der Waals surface area contributed by atoms with E-state index in [0.717, 1.165) is 0 Å². The van der Waals surface area contributed by atoms with Gasteiger partial charge in [-0.3, -0.25) is 9.59 Å². The Bertz CT molecular complexity index is 683. The van der Waals surface area contributed by atoms with Crippen molar-refractivity contribution >= 4 is 17.6 Å². The predicted octanol–water partition coefficient (Wildman–Crippen LogP) is 2.42. The van der Waals surface area contributed by atoms with Crippen LogP contribution in [0.4, 0.5) is 5.82 Å². The number of rotatable bonds is 7. The summed E-state index contributed by atoms with van der Waals surface area (Å²) >= 11 is 0. The van der Waals surface area contributed by atoms with Crippen molar-refractivity contribution in [1.82, 2.24) is 10.1 Å². The van der Waals surface area contributed by atoms with E-state index in [2.05, 4.69) is 15.0 Å². The quantitative estimate of drug-likeness (QED) is 0.842. The van der Waals surface area contributed by atoms with Crippen LogP contribution in [-0.2, 0) is 4.79 Å². The summed E-state index contributed by atoms with van der Waals surface area (Å²) in [4.78, 5) is 26.5. The van der Waals surface area contributed by atoms with Crippen LogP contribution in [-0.4, -0.2) is 42.1 Å². The van der Waals surface area contributed by atoms with Crippen LogP contribution in [0.2, 0.25) is 0 Å². The normalized spacial score (nSPS) is 10.5. The van der Waals surface area contributed by atoms with Crippen LogP contribution < -0.4 is 10.1 Å². The number of nitrogens with one attached hydrogen (secondary N) is 1. The molecular formula is C17H21N3O4. The number of carbonyl (C=O) groups excluding carboxylic acids is 2. The molecule has 0 radical (unpaired) electrons. The molecule has 0 aliphatic rings. The Hall–Kier alpha value is -2.83. The molecule has 24 heavy (non-hydrogen) atoms. The monoisotopic (exact) mass is 331 g/mol. The number of amides is 2. The lowest BCUT2D eigenvalue weighted by Crippen LogP contribution is -2.40. The molecule has 0 saturated heterocycles. The maximum Gasteiger partial charge on any atom is 0.258 e. The summed E-state index contributed by atoms with van der Waals surface area (Å²) in [6, 6.07) is 8.49. The minimum absolute atomic E-state index is 0.0814. The molecule has 2 amide bonds. The van der Waals surface area contributed by atoms with Crippen LogP contribution in [0.5, 0.6) is 5.75 Å². The standard InChI is InChI=1S/C17H21N3O4/c1-12(2)10-20(11-16(21)18-15-8-9-24-19-15)17(22)13-6-4-5-7-14(13)23-3/h4-9,12H,10-11H2,1-3H3,(H,18,19,21). The second-order valence-electron chi connectivity index (χ2n) is 5.71. The van der Waals surface area contributed by atoms with Gasteiger partial charge in [-0.25, -0.2) is 0 Å². The molecule has 1 N–H and O–H groups in total. The van der Waals surface area contributed by atoms with Crippen molar-refractivity contribution in [3.8, 4) is 5.75 Å². The van der Waals surface area contributed by atoms with Crippen molar-refractivity contribution in [1.29, 1.82) is 0 Å². The summed E-state index contributed by atoms with van der Waals surface area (Å²) < 4.78 is 9.91. The average Bonchev–Trinajstić information content (AvgIpc) is 3.05. The number of ether oxygens (including phenoxy) is 1. The first-order valence-electron chi connectivity index (χ1n) is 7.63. The fraction of sp³-hybridized carbons (Fsp3) is 0.353. The summed E-state index contributed by atoms with van der Waals surface area (Å²) in [6.45, 7) is 4.33. The number of anilines is 1. The largest absolute Gasteiger partial charge is 0.496 e. The summed E-state index contributed by atoms with van der Waals surface area (Å²) in [5, 5.41) is 6.22. The van der Waals surface area contributed by atoms with Gasteiger partial charge in [0.25, 0.3) is 5.91 Å². The zero-order valence-electron chi connectivity index (χ0n) is 14.0. The minimum atomic E-state index is -0.340. The molecule has 1 aromatic heterocycles. The van der Waals surface area contributed by atoms with E-state index in [-0.39, 0.29) is 24.3 Å². The molecular weight excluding hydrogens is 310 g/mol. The van der Waals surface area contributed by atoms with Crippen LogP contribution in [0.25, 0.3) is 0 Å². The van der Waals surface area contributed by atoms with Crippen LogP contribution in [0, 0.1) is 5.92 Å². The first-order chi connectivity index (χ1) is 11.5. The third kappa shape index (κ3) is 4.58. The molecule has 0 fully saturated rings. The topological polar surface area (TPSA) is 84.7 Å². The number of hydrogen-bond acceptors (Lipinski definition) is 5. The van der Waals surface area contributed by atoms with Gasteiger partial charge < -0.3 is 19.5 Å². The fourth-order valence-electron chi connectivity index (χ4n) is 2.28. The minimum Gasteiger partial charge on any atom is -0.496 e. The summed E-state index contributed by atoms with van der Waals surface area (Å²) in [5.41, 5.74) is 0.426. The molecule has 1 aromatic carbocycles. The van der Waals surface area contributed by atoms with Crippen LogP contribution in [0.1, 0.15) is 24.2 Å². The van der Waals surface area contributed by atoms with Gasteiger partial charge in [0, 0.05) is 12.6 Å². The van der Waals surface area contributed by atoms with Crippen molar-refractivity contribution in [2.75, 3.05) is 25.5 Å². The highest BCUT2D eigenvalue weighted by Crippen LogP contribution is 2.20. The average molecular weight is 331 g/mol. The highest BCUT2D eigenvalue weighted by atomic mass is 16.5. The molecule has 0 bridgehead atoms. The Balaban J connectivity index is 2.14. The van der Waals surface area contributed by atoms with Crippen molar-refractivity contribution in [2.45, 2.75) is 13.8 Å². The van der Waals surface area contributed by atoms with E-state index in [4.69, 9.17) is 4.74 Å². The van der Waals surface area contributed by atoms with Crippen molar-refractivity contribution in [3.63, 3.8) is 0 Å². The first-order valence-corrected chi connectivity index (χ1v) is 7.63. The number of nitrogens with zero attached hydrogens (tertiary/aromatic N) is 2. The number of para-hydroxylation sites is 1. The maximum atomic E-state index is 12.8. The summed E-state index contributed by atoms with van der Waals surface area (Å²) in [5.74, 6) is 0.412. The molecule has 2 aromatic rings. The summed E-state index contributed by atoms with van der Waals surface area (Å²) in [7, 11) is 1.51. The zero-order chi connectivity index (χ0) is 17.5. The van der Waals surface area contributed by atoms with E-state index in [0.29, 0.717) is 23.7 Å². The lowest BCUT2D eigenvalue weighted by atomic mass is 10.1. The highest BCUT2D eigenvalue weighted by molar-refractivity contribution is 6.00. The van der Waals surface area contributed by atoms with Gasteiger partial charge in [0.1, 0.15) is 18.6 Å². The van der Waals surface area contributed by atoms with E-state index in [1.807, 2.05) is 13.8 Å². The number of aromatic nitrogens is 1. The van der Waals surface area contributed by atoms with Crippen molar-refractivity contribution < 1.29 is 18.8 Å². The fourth-order valence-corrected chi connectivity index (χ4v) is 2.28. The van der Waals surface area contributed by atoms with E-state index in [1.165, 1.54) is 24.3 Å². The van der Waals surface area contributed by atoms with Gasteiger partial charge in [-0.05, 0) is 18.1 Å². The van der Waals surface area contributed by atoms with E-state index >= 15 is 0 Å². The number of carbonyl (C=O) groups is 2. The van der Waals surface area contributed by atoms with Gasteiger partial charge in [0.05, 0.1) is 12.7 Å². The van der Waals surface area contributed by atoms with Gasteiger partial charge >= 0.3 is 0 Å². The molecule has 0 saturated carbocycles. The smallest absolute Gasteiger partial charge is 0.258 e. The lowest BCUT2D eigenvalue weighted by molar-refractivity contribution is -0.117. The second-order valence-corrected chi connectivity index (χ2v) is 5.71. The van der Waals surface area contributed by atoms with Gasteiger partial charge in [0.15, 0.2) is 5.82 Å². The van der Waals surface area contributed by atoms with E-state index < -0.39 is 0 Å². The first kappa shape index (κ1) is 17.5. The number of hydrogen-bond donors (Lipinski definition) is 1. The van der Waals surface area contributed by atoms with E-state index in [1.54, 1.807) is 24.3 Å². The molecule has 7 heteroatoms. The van der Waals surface area contributed by atoms with Crippen LogP contribution >= 0.6 is 0 Å². The third-order valence-corrected chi connectivity index (χ3v) is 3.25. The van der Waals surface area contributed by atoms with Gasteiger partial charge in [0.2, 0.25) is 5.91 Å². The van der Waals surface area contributed by atoms with Crippen molar-refractivity contribution in [2.24, 2.45) is 5.92 Å². The molecule has 0 aliphatic heterocycles. The molecule has 7 nitrogen and oxygen atoms in total. The molecule has 0 aliphatic carbocycles. The number of methoxy groups -OCH3 is 1. The van der Waals surface area contributed by atoms with Gasteiger partial charge in [-0.1, -0.05) is 31.1 Å². The Morgan fingerprint density at radius 1 is 1.29 bits per heavy atom. The zero-order valence-corrected chi connectivity index (χ0v) is 14.0. The second kappa shape index (κ2) is 8.14. The Kier molecular flexibility index (Phi) is 5.95. The van der Waals surface area contributed by atoms with Crippen LogP contribution in [0.3, 0.4) is 0 Å². The molecule has 0 spiro atoms. The third-order valence-electron chi connectivity index (χ3n) is 3.25. The Morgan fingerprint density at radius 2 is 2.04 bits per heavy atom. The molecule has 128 valence electrons. The highest BCUT2D eigenvalue weighted by Gasteiger charge is 2.22. The Labute approximate surface area is 140 Å². The predicted molar refractivity (Wildman–Crippen MR) is 88.9 cm³/mol. The van der Waals surface area contributed by atoms with Gasteiger partial charge in [-0.2, -0.15) is 0 Å². The lowest BCUT2D eigenvalue weighted by Gasteiger charge is -2.24. The molecule has 1 heterocycles. The maximum absolute atomic E-state index is 12.8. The number of benzene rings is 1. The van der Waals surface area contributed by atoms with E-state index in [9.17, 15) is 9.59 Å². The van der Waals surface area contributed by atoms with Crippen molar-refractivity contribution in [3.05, 3.63) is 42.2 Å². The molecule has 0 unspecified atom stereocenters. The molecule has 2 rings (SSSR count). The van der Waals surface area contributed by atoms with Crippen LogP contribution in [0.15, 0.2) is 41.1 Å².